The molecule has 132 valence electrons. The summed E-state index contributed by atoms with van der Waals surface area (Å²) in [6.45, 7) is 3.40. The Labute approximate surface area is 156 Å². The van der Waals surface area contributed by atoms with Crippen molar-refractivity contribution in [2.24, 2.45) is 5.92 Å². The van der Waals surface area contributed by atoms with Crippen LogP contribution in [-0.4, -0.2) is 36.5 Å². The molecule has 0 bridgehead atoms. The van der Waals surface area contributed by atoms with Gasteiger partial charge in [0.15, 0.2) is 6.61 Å². The van der Waals surface area contributed by atoms with Crippen molar-refractivity contribution in [3.63, 3.8) is 0 Å². The minimum atomic E-state index is -0.535. The average Bonchev–Trinajstić information content (AvgIpc) is 2.94. The molecule has 1 saturated heterocycles. The molecular weight excluding hydrogens is 358 g/mol. The summed E-state index contributed by atoms with van der Waals surface area (Å²) in [7, 11) is 0. The van der Waals surface area contributed by atoms with Crippen LogP contribution in [-0.2, 0) is 14.3 Å². The Morgan fingerprint density at radius 2 is 2.20 bits per heavy atom. The minimum Gasteiger partial charge on any atom is -0.452 e. The maximum Gasteiger partial charge on any atom is 0.331 e. The Kier molecular flexibility index (Phi) is 5.76. The quantitative estimate of drug-likeness (QED) is 0.587. The number of amides is 1. The lowest BCUT2D eigenvalue weighted by Crippen LogP contribution is -2.41. The van der Waals surface area contributed by atoms with E-state index in [1.54, 1.807) is 11.0 Å². The van der Waals surface area contributed by atoms with Crippen LogP contribution in [0.1, 0.15) is 24.6 Å². The highest BCUT2D eigenvalue weighted by molar-refractivity contribution is 7.20. The number of benzene rings is 1. The van der Waals surface area contributed by atoms with Crippen molar-refractivity contribution in [1.82, 2.24) is 4.90 Å². The number of thiophene rings is 1. The first-order valence-electron chi connectivity index (χ1n) is 8.34. The number of hydrogen-bond acceptors (Lipinski definition) is 4. The van der Waals surface area contributed by atoms with Crippen molar-refractivity contribution in [3.05, 3.63) is 40.2 Å². The van der Waals surface area contributed by atoms with Crippen LogP contribution in [0.4, 0.5) is 0 Å². The van der Waals surface area contributed by atoms with Crippen molar-refractivity contribution in [2.45, 2.75) is 19.8 Å². The fraction of sp³-hybridized carbons (Fsp3) is 0.368. The molecule has 1 aromatic carbocycles. The minimum absolute atomic E-state index is 0.131. The van der Waals surface area contributed by atoms with Crippen LogP contribution in [0.15, 0.2) is 30.3 Å². The van der Waals surface area contributed by atoms with Gasteiger partial charge in [-0.2, -0.15) is 0 Å². The Balaban J connectivity index is 1.55. The summed E-state index contributed by atoms with van der Waals surface area (Å²) in [5.74, 6) is -0.163. The van der Waals surface area contributed by atoms with E-state index < -0.39 is 5.97 Å². The van der Waals surface area contributed by atoms with Crippen LogP contribution in [0.3, 0.4) is 0 Å². The summed E-state index contributed by atoms with van der Waals surface area (Å²) in [6.07, 6.45) is 5.11. The molecule has 0 N–H and O–H groups in total. The Bertz CT molecular complexity index is 814. The van der Waals surface area contributed by atoms with Crippen LogP contribution >= 0.6 is 22.9 Å². The van der Waals surface area contributed by atoms with Gasteiger partial charge in [0.2, 0.25) is 0 Å². The van der Waals surface area contributed by atoms with Crippen LogP contribution < -0.4 is 0 Å². The Morgan fingerprint density at radius 1 is 1.40 bits per heavy atom. The number of hydrogen-bond donors (Lipinski definition) is 0. The normalized spacial score (nSPS) is 18.0. The molecule has 4 nitrogen and oxygen atoms in total. The predicted molar refractivity (Wildman–Crippen MR) is 102 cm³/mol. The second kappa shape index (κ2) is 8.02. The highest BCUT2D eigenvalue weighted by atomic mass is 35.5. The molecule has 0 aliphatic carbocycles. The first-order chi connectivity index (χ1) is 12.0. The van der Waals surface area contributed by atoms with Gasteiger partial charge in [-0.05, 0) is 30.9 Å². The van der Waals surface area contributed by atoms with Crippen molar-refractivity contribution < 1.29 is 14.3 Å². The third-order valence-corrected chi connectivity index (χ3v) is 5.93. The molecule has 1 fully saturated rings. The van der Waals surface area contributed by atoms with Gasteiger partial charge in [-0.25, -0.2) is 4.79 Å². The number of nitrogens with zero attached hydrogens (tertiary/aromatic N) is 1. The molecule has 0 radical (unpaired) electrons. The largest absolute Gasteiger partial charge is 0.452 e. The lowest BCUT2D eigenvalue weighted by atomic mass is 10.0. The molecule has 0 saturated carbocycles. The molecule has 3 rings (SSSR count). The molecule has 25 heavy (non-hydrogen) atoms. The van der Waals surface area contributed by atoms with Gasteiger partial charge in [0.1, 0.15) is 0 Å². The molecular formula is C19H20ClNO3S. The zero-order chi connectivity index (χ0) is 17.8. The zero-order valence-electron chi connectivity index (χ0n) is 14.0. The van der Waals surface area contributed by atoms with Crippen LogP contribution in [0.5, 0.6) is 0 Å². The van der Waals surface area contributed by atoms with E-state index in [1.165, 1.54) is 17.4 Å². The van der Waals surface area contributed by atoms with Gasteiger partial charge in [-0.1, -0.05) is 36.7 Å². The van der Waals surface area contributed by atoms with Crippen LogP contribution in [0, 0.1) is 5.92 Å². The second-order valence-electron chi connectivity index (χ2n) is 6.30. The number of carbonyl (C=O) groups is 2. The molecule has 1 aliphatic heterocycles. The molecule has 0 unspecified atom stereocenters. The van der Waals surface area contributed by atoms with Crippen LogP contribution in [0.25, 0.3) is 16.2 Å². The summed E-state index contributed by atoms with van der Waals surface area (Å²) in [5, 5.41) is 1.60. The maximum atomic E-state index is 12.1. The predicted octanol–water partition coefficient (Wildman–Crippen LogP) is 4.37. The van der Waals surface area contributed by atoms with E-state index in [-0.39, 0.29) is 12.5 Å². The van der Waals surface area contributed by atoms with Gasteiger partial charge in [0, 0.05) is 34.1 Å². The summed E-state index contributed by atoms with van der Waals surface area (Å²) < 4.78 is 6.14. The number of carbonyl (C=O) groups excluding carboxylic acids is 2. The SMILES string of the molecule is C[C@H]1CCCN(C(=O)COC(=O)/C=C/c2sc3ccccc3c2Cl)C1. The molecule has 6 heteroatoms. The fourth-order valence-electron chi connectivity index (χ4n) is 2.97. The first-order valence-corrected chi connectivity index (χ1v) is 9.53. The number of ether oxygens (including phenoxy) is 1. The standard InChI is InChI=1S/C19H20ClNO3S/c1-13-5-4-10-21(11-13)17(22)12-24-18(23)9-8-16-19(20)14-6-2-3-7-15(14)25-16/h2-3,6-9,13H,4-5,10-12H2,1H3/b9-8+/t13-/m0/s1. The fourth-order valence-corrected chi connectivity index (χ4v) is 4.37. The van der Waals surface area contributed by atoms with Gasteiger partial charge >= 0.3 is 5.97 Å². The van der Waals surface area contributed by atoms with E-state index in [1.807, 2.05) is 24.3 Å². The highest BCUT2D eigenvalue weighted by Gasteiger charge is 2.21. The van der Waals surface area contributed by atoms with Crippen molar-refractivity contribution in [1.29, 1.82) is 0 Å². The van der Waals surface area contributed by atoms with Crippen molar-refractivity contribution in [3.8, 4) is 0 Å². The number of likely N-dealkylation sites (tertiary alicyclic amines) is 1. The third-order valence-electron chi connectivity index (χ3n) is 4.28. The van der Waals surface area contributed by atoms with E-state index in [0.717, 1.165) is 40.9 Å². The lowest BCUT2D eigenvalue weighted by molar-refractivity contribution is -0.149. The smallest absolute Gasteiger partial charge is 0.331 e. The molecule has 2 heterocycles. The van der Waals surface area contributed by atoms with E-state index in [9.17, 15) is 9.59 Å². The molecule has 1 aromatic heterocycles. The summed E-state index contributed by atoms with van der Waals surface area (Å²) in [4.78, 5) is 26.5. The van der Waals surface area contributed by atoms with Crippen LogP contribution in [0.2, 0.25) is 5.02 Å². The molecule has 0 spiro atoms. The van der Waals surface area contributed by atoms with Gasteiger partial charge in [-0.15, -0.1) is 11.3 Å². The monoisotopic (exact) mass is 377 g/mol. The number of piperidine rings is 1. The summed E-state index contributed by atoms with van der Waals surface area (Å²) in [5.41, 5.74) is 0. The summed E-state index contributed by atoms with van der Waals surface area (Å²) in [6, 6.07) is 7.81. The average molecular weight is 378 g/mol. The Morgan fingerprint density at radius 3 is 2.96 bits per heavy atom. The van der Waals surface area contributed by atoms with Gasteiger partial charge in [-0.3, -0.25) is 4.79 Å². The second-order valence-corrected chi connectivity index (χ2v) is 7.77. The third kappa shape index (κ3) is 4.41. The van der Waals surface area contributed by atoms with E-state index in [2.05, 4.69) is 6.92 Å². The number of halogens is 1. The van der Waals surface area contributed by atoms with E-state index in [0.29, 0.717) is 10.9 Å². The Hall–Kier alpha value is -1.85. The van der Waals surface area contributed by atoms with Gasteiger partial charge in [0.25, 0.3) is 5.91 Å². The van der Waals surface area contributed by atoms with E-state index >= 15 is 0 Å². The first kappa shape index (κ1) is 18.0. The van der Waals surface area contributed by atoms with Gasteiger partial charge < -0.3 is 9.64 Å². The number of fused-ring (bicyclic) bond motifs is 1. The maximum absolute atomic E-state index is 12.1. The number of esters is 1. The summed E-state index contributed by atoms with van der Waals surface area (Å²) >= 11 is 7.84. The van der Waals surface area contributed by atoms with Crippen molar-refractivity contribution >= 4 is 51.0 Å². The van der Waals surface area contributed by atoms with Gasteiger partial charge in [0.05, 0.1) is 5.02 Å². The number of rotatable bonds is 4. The van der Waals surface area contributed by atoms with E-state index in [4.69, 9.17) is 16.3 Å². The highest BCUT2D eigenvalue weighted by Crippen LogP contribution is 2.35. The lowest BCUT2D eigenvalue weighted by Gasteiger charge is -2.30. The molecule has 1 amide bonds. The zero-order valence-corrected chi connectivity index (χ0v) is 15.6. The topological polar surface area (TPSA) is 46.6 Å². The molecule has 1 aliphatic rings. The van der Waals surface area contributed by atoms with Crippen molar-refractivity contribution in [2.75, 3.05) is 19.7 Å². The molecule has 1 atom stereocenters. The molecule has 2 aromatic rings.